The predicted molar refractivity (Wildman–Crippen MR) is 83.7 cm³/mol. The van der Waals surface area contributed by atoms with Gasteiger partial charge in [-0.1, -0.05) is 32.6 Å². The topological polar surface area (TPSA) is 38.3 Å². The largest absolute Gasteiger partial charge is 0.426 e. The number of ether oxygens (including phenoxy) is 1. The summed E-state index contributed by atoms with van der Waals surface area (Å²) >= 11 is 0.265. The van der Waals surface area contributed by atoms with Crippen LogP contribution in [-0.4, -0.2) is 17.9 Å². The number of carbonyl (C=O) groups excluding carboxylic acids is 1. The molecule has 0 heterocycles. The Labute approximate surface area is 125 Å². The number of allylic oxidation sites excluding steroid dienone is 4. The molecule has 20 heavy (non-hydrogen) atoms. The van der Waals surface area contributed by atoms with E-state index in [9.17, 15) is 8.68 Å². The summed E-state index contributed by atoms with van der Waals surface area (Å²) in [4.78, 5) is 12.1. The van der Waals surface area contributed by atoms with Crippen LogP contribution in [0.3, 0.4) is 0 Å². The Morgan fingerprint density at radius 2 is 2.15 bits per heavy atom. The van der Waals surface area contributed by atoms with Crippen molar-refractivity contribution in [3.63, 3.8) is 0 Å². The number of halogens is 1. The van der Waals surface area contributed by atoms with Gasteiger partial charge in [-0.05, 0) is 31.9 Å². The summed E-state index contributed by atoms with van der Waals surface area (Å²) in [5, 5.41) is 2.74. The van der Waals surface area contributed by atoms with Gasteiger partial charge in [0, 0.05) is 6.54 Å². The molecule has 0 fully saturated rings. The molecule has 0 rings (SSSR count). The summed E-state index contributed by atoms with van der Waals surface area (Å²) in [7, 11) is 0. The van der Waals surface area contributed by atoms with Gasteiger partial charge in [0.2, 0.25) is 0 Å². The molecule has 0 bridgehead atoms. The third-order valence-electron chi connectivity index (χ3n) is 2.73. The van der Waals surface area contributed by atoms with E-state index >= 15 is 0 Å². The van der Waals surface area contributed by atoms with Crippen LogP contribution in [0.2, 0.25) is 0 Å². The Morgan fingerprint density at radius 1 is 1.45 bits per heavy atom. The van der Waals surface area contributed by atoms with Gasteiger partial charge in [0.1, 0.15) is 5.76 Å². The molecule has 0 aliphatic carbocycles. The molecule has 2 atom stereocenters. The quantitative estimate of drug-likeness (QED) is 0.285. The molecular weight excluding hydrogens is 277 g/mol. The second-order valence-corrected chi connectivity index (χ2v) is 4.97. The van der Waals surface area contributed by atoms with E-state index in [0.29, 0.717) is 25.1 Å². The molecule has 0 aromatic carbocycles. The minimum atomic E-state index is -0.315. The van der Waals surface area contributed by atoms with E-state index in [1.54, 1.807) is 24.3 Å². The van der Waals surface area contributed by atoms with E-state index < -0.39 is 0 Å². The van der Waals surface area contributed by atoms with Gasteiger partial charge in [-0.3, -0.25) is 4.79 Å². The van der Waals surface area contributed by atoms with Crippen LogP contribution in [0.1, 0.15) is 33.6 Å². The highest BCUT2D eigenvalue weighted by molar-refractivity contribution is 7.94. The molecule has 0 saturated carbocycles. The second kappa shape index (κ2) is 11.7. The fourth-order valence-electron chi connectivity index (χ4n) is 1.51. The Bertz CT molecular complexity index is 352. The monoisotopic (exact) mass is 301 g/mol. The molecule has 3 nitrogen and oxygen atoms in total. The fourth-order valence-corrected chi connectivity index (χ4v) is 1.80. The maximum absolute atomic E-state index is 12.5. The molecule has 114 valence electrons. The van der Waals surface area contributed by atoms with Gasteiger partial charge in [0.05, 0.1) is 23.4 Å². The molecular formula is C15H24FNO2S. The van der Waals surface area contributed by atoms with E-state index in [1.807, 2.05) is 20.8 Å². The molecule has 0 saturated heterocycles. The lowest BCUT2D eigenvalue weighted by Gasteiger charge is -2.18. The van der Waals surface area contributed by atoms with Crippen LogP contribution >= 0.6 is 12.1 Å². The Hall–Kier alpha value is -1.07. The van der Waals surface area contributed by atoms with Crippen molar-refractivity contribution in [2.24, 2.45) is 5.92 Å². The molecule has 0 aromatic heterocycles. The van der Waals surface area contributed by atoms with Gasteiger partial charge in [-0.2, -0.15) is 3.89 Å². The highest BCUT2D eigenvalue weighted by atomic mass is 32.2. The zero-order valence-electron chi connectivity index (χ0n) is 12.4. The smallest absolute Gasteiger partial charge is 0.315 e. The molecule has 0 radical (unpaired) electrons. The maximum atomic E-state index is 12.5. The average Bonchev–Trinajstić information content (AvgIpc) is 2.44. The van der Waals surface area contributed by atoms with Crippen LogP contribution in [-0.2, 0) is 9.53 Å². The first-order chi connectivity index (χ1) is 9.62. The van der Waals surface area contributed by atoms with Crippen molar-refractivity contribution >= 4 is 18.1 Å². The number of hydrogen-bond acceptors (Lipinski definition) is 4. The highest BCUT2D eigenvalue weighted by Crippen LogP contribution is 2.14. The molecule has 0 aliphatic rings. The number of nitrogens with one attached hydrogen (secondary N) is 1. The minimum Gasteiger partial charge on any atom is -0.426 e. The van der Waals surface area contributed by atoms with Crippen LogP contribution in [0, 0.1) is 5.92 Å². The van der Waals surface area contributed by atoms with E-state index in [-0.39, 0.29) is 29.4 Å². The van der Waals surface area contributed by atoms with Crippen molar-refractivity contribution in [3.05, 3.63) is 36.6 Å². The van der Waals surface area contributed by atoms with Crippen molar-refractivity contribution in [2.75, 3.05) is 6.54 Å². The van der Waals surface area contributed by atoms with E-state index in [4.69, 9.17) is 4.74 Å². The summed E-state index contributed by atoms with van der Waals surface area (Å²) < 4.78 is 17.8. The van der Waals surface area contributed by atoms with Gasteiger partial charge >= 0.3 is 5.97 Å². The van der Waals surface area contributed by atoms with E-state index in [0.717, 1.165) is 0 Å². The third kappa shape index (κ3) is 7.50. The summed E-state index contributed by atoms with van der Waals surface area (Å²) in [5.41, 5.74) is 0. The van der Waals surface area contributed by atoms with Crippen LogP contribution in [0.25, 0.3) is 0 Å². The second-order valence-electron chi connectivity index (χ2n) is 4.23. The van der Waals surface area contributed by atoms with E-state index in [1.165, 1.54) is 0 Å². The summed E-state index contributed by atoms with van der Waals surface area (Å²) in [6.45, 7) is 9.62. The van der Waals surface area contributed by atoms with Crippen LogP contribution in [0.5, 0.6) is 0 Å². The van der Waals surface area contributed by atoms with Gasteiger partial charge in [-0.25, -0.2) is 0 Å². The molecule has 1 N–H and O–H groups in total. The van der Waals surface area contributed by atoms with Crippen LogP contribution in [0.15, 0.2) is 36.6 Å². The first-order valence-electron chi connectivity index (χ1n) is 6.80. The summed E-state index contributed by atoms with van der Waals surface area (Å²) in [6, 6.07) is 0. The lowest BCUT2D eigenvalue weighted by Crippen LogP contribution is -2.34. The Kier molecular flexibility index (Phi) is 11.1. The number of esters is 1. The summed E-state index contributed by atoms with van der Waals surface area (Å²) in [5.74, 6) is -0.155. The third-order valence-corrected chi connectivity index (χ3v) is 3.44. The van der Waals surface area contributed by atoms with Gasteiger partial charge in [-0.15, -0.1) is 0 Å². The van der Waals surface area contributed by atoms with E-state index in [2.05, 4.69) is 11.9 Å². The zero-order valence-corrected chi connectivity index (χ0v) is 13.2. The molecule has 0 aromatic rings. The van der Waals surface area contributed by atoms with Crippen molar-refractivity contribution in [1.82, 2.24) is 5.32 Å². The number of carbonyl (C=O) groups is 1. The Balaban J connectivity index is 4.53. The normalized spacial score (nSPS) is 15.1. The Morgan fingerprint density at radius 3 is 2.60 bits per heavy atom. The van der Waals surface area contributed by atoms with Crippen molar-refractivity contribution in [3.8, 4) is 0 Å². The van der Waals surface area contributed by atoms with Gasteiger partial charge in [0.15, 0.2) is 0 Å². The van der Waals surface area contributed by atoms with Crippen molar-refractivity contribution < 1.29 is 13.4 Å². The standard InChI is InChI=1S/C15H24FNO2S/c1-5-9-13(10-6-2)19-15(18)12(7-3)11-17-14(8-4)20-16/h5-6,9-10,12,14,17H,1,7-8,11H2,2-4H3/b10-6-,13-9+. The number of rotatable bonds is 10. The molecule has 0 aliphatic heterocycles. The maximum Gasteiger partial charge on any atom is 0.315 e. The average molecular weight is 301 g/mol. The van der Waals surface area contributed by atoms with Crippen molar-refractivity contribution in [2.45, 2.75) is 39.0 Å². The van der Waals surface area contributed by atoms with Crippen LogP contribution in [0.4, 0.5) is 3.89 Å². The number of hydrogen-bond donors (Lipinski definition) is 1. The molecule has 0 spiro atoms. The van der Waals surface area contributed by atoms with Gasteiger partial charge in [0.25, 0.3) is 0 Å². The SMILES string of the molecule is C=C/C=C(\C=C/C)OC(=O)C(CC)CNC(CC)SF. The molecule has 5 heteroatoms. The predicted octanol–water partition coefficient (Wildman–Crippen LogP) is 4.15. The highest BCUT2D eigenvalue weighted by Gasteiger charge is 2.20. The lowest BCUT2D eigenvalue weighted by atomic mass is 10.1. The summed E-state index contributed by atoms with van der Waals surface area (Å²) in [6.07, 6.45) is 7.98. The van der Waals surface area contributed by atoms with Crippen LogP contribution < -0.4 is 5.32 Å². The molecule has 0 amide bonds. The zero-order chi connectivity index (χ0) is 15.4. The van der Waals surface area contributed by atoms with Crippen molar-refractivity contribution in [1.29, 1.82) is 0 Å². The lowest BCUT2D eigenvalue weighted by molar-refractivity contribution is -0.143. The fraction of sp³-hybridized carbons (Fsp3) is 0.533. The first kappa shape index (κ1) is 18.9. The minimum absolute atomic E-state index is 0.265. The first-order valence-corrected chi connectivity index (χ1v) is 7.58. The molecule has 2 unspecified atom stereocenters. The van der Waals surface area contributed by atoms with Gasteiger partial charge < -0.3 is 10.1 Å².